The van der Waals surface area contributed by atoms with Crippen molar-refractivity contribution in [3.05, 3.63) is 53.2 Å². The molecular formula is C24H35ClN6O3. The number of aliphatic hydroxyl groups excluding tert-OH is 1. The van der Waals surface area contributed by atoms with Gasteiger partial charge in [0.25, 0.3) is 0 Å². The molecule has 9 nitrogen and oxygen atoms in total. The number of hydrogen-bond donors (Lipinski definition) is 5. The summed E-state index contributed by atoms with van der Waals surface area (Å²) in [5, 5.41) is 17.1. The number of allylic oxidation sites excluding steroid dienone is 2. The zero-order valence-corrected chi connectivity index (χ0v) is 20.5. The van der Waals surface area contributed by atoms with Gasteiger partial charge in [-0.05, 0) is 50.7 Å². The Morgan fingerprint density at radius 3 is 2.65 bits per heavy atom. The van der Waals surface area contributed by atoms with E-state index >= 15 is 0 Å². The first-order valence-electron chi connectivity index (χ1n) is 11.2. The van der Waals surface area contributed by atoms with E-state index in [4.69, 9.17) is 37.7 Å². The monoisotopic (exact) mass is 490 g/mol. The van der Waals surface area contributed by atoms with Gasteiger partial charge in [-0.3, -0.25) is 9.48 Å². The Bertz CT molecular complexity index is 996. The summed E-state index contributed by atoms with van der Waals surface area (Å²) in [4.78, 5) is 8.58. The van der Waals surface area contributed by atoms with Crippen molar-refractivity contribution in [2.45, 2.75) is 45.1 Å². The zero-order valence-electron chi connectivity index (χ0n) is 19.7. The number of para-hydroxylation sites is 1. The zero-order chi connectivity index (χ0) is 25.1. The second-order valence-electron chi connectivity index (χ2n) is 8.11. The standard InChI is InChI=1S/C23H32ClN5O2.CH3NO/c1-15(25)20(12-22(24)26)28-19-8-5-7-18(23(19)31-2)17-13-27-29(14-17)21-10-9-16(21)6-3-4-11-30;2-1-3/h5,7-8,12-14,16,21,28,30H,3-4,6,9-11,25-26H2,1-2H3;1H,(H2,2,3)/b20-15+,22-12-;/t16-,21+;/m0./s1. The van der Waals surface area contributed by atoms with Crippen molar-refractivity contribution in [1.29, 1.82) is 0 Å². The van der Waals surface area contributed by atoms with Gasteiger partial charge in [0.1, 0.15) is 10.9 Å². The lowest BCUT2D eigenvalue weighted by Gasteiger charge is -2.36. The number of carbonyl (C=O) groups is 1. The predicted molar refractivity (Wildman–Crippen MR) is 136 cm³/mol. The van der Waals surface area contributed by atoms with Crippen LogP contribution in [0.15, 0.2) is 53.2 Å². The molecule has 0 bridgehead atoms. The maximum atomic E-state index is 9.02. The van der Waals surface area contributed by atoms with Crippen LogP contribution in [0.25, 0.3) is 11.1 Å². The number of rotatable bonds is 10. The summed E-state index contributed by atoms with van der Waals surface area (Å²) < 4.78 is 7.82. The Morgan fingerprint density at radius 2 is 2.09 bits per heavy atom. The molecule has 0 radical (unpaired) electrons. The lowest BCUT2D eigenvalue weighted by atomic mass is 9.76. The molecule has 10 heteroatoms. The van der Waals surface area contributed by atoms with Crippen molar-refractivity contribution in [3.8, 4) is 16.9 Å². The van der Waals surface area contributed by atoms with E-state index in [0.29, 0.717) is 29.1 Å². The van der Waals surface area contributed by atoms with Gasteiger partial charge in [-0.2, -0.15) is 5.10 Å². The SMILES string of the molecule is COc1c(NC(/C=C(\N)Cl)=C(\C)N)cccc1-c1cnn([C@@H]2CC[C@@H]2CCCCO)c1.NC=O. The van der Waals surface area contributed by atoms with Crippen molar-refractivity contribution in [2.24, 2.45) is 23.1 Å². The Kier molecular flexibility index (Phi) is 10.8. The van der Waals surface area contributed by atoms with Crippen molar-refractivity contribution >= 4 is 23.7 Å². The number of primary amides is 1. The van der Waals surface area contributed by atoms with E-state index in [-0.39, 0.29) is 18.2 Å². The van der Waals surface area contributed by atoms with E-state index < -0.39 is 0 Å². The summed E-state index contributed by atoms with van der Waals surface area (Å²) in [6, 6.07) is 6.30. The molecule has 1 aromatic heterocycles. The van der Waals surface area contributed by atoms with Gasteiger partial charge in [0.15, 0.2) is 0 Å². The van der Waals surface area contributed by atoms with Crippen LogP contribution >= 0.6 is 11.6 Å². The number of benzene rings is 1. The normalized spacial score (nSPS) is 18.2. The molecule has 1 aliphatic rings. The number of nitrogens with one attached hydrogen (secondary N) is 1. The number of halogens is 1. The average Bonchev–Trinajstić information content (AvgIpc) is 3.24. The Balaban J connectivity index is 0.00000129. The van der Waals surface area contributed by atoms with Gasteiger partial charge in [0.05, 0.1) is 30.7 Å². The number of unbranched alkanes of at least 4 members (excludes halogenated alkanes) is 1. The Labute approximate surface area is 205 Å². The fraction of sp³-hybridized carbons (Fsp3) is 0.417. The molecule has 8 N–H and O–H groups in total. The average molecular weight is 491 g/mol. The molecule has 0 unspecified atom stereocenters. The van der Waals surface area contributed by atoms with Gasteiger partial charge in [-0.15, -0.1) is 0 Å². The summed E-state index contributed by atoms with van der Waals surface area (Å²) >= 11 is 5.84. The van der Waals surface area contributed by atoms with Crippen molar-refractivity contribution in [1.82, 2.24) is 9.78 Å². The topological polar surface area (TPSA) is 154 Å². The summed E-state index contributed by atoms with van der Waals surface area (Å²) in [6.45, 7) is 2.04. The van der Waals surface area contributed by atoms with E-state index in [2.05, 4.69) is 27.0 Å². The van der Waals surface area contributed by atoms with Crippen LogP contribution in [0.3, 0.4) is 0 Å². The molecule has 1 fully saturated rings. The van der Waals surface area contributed by atoms with Crippen LogP contribution in [-0.4, -0.2) is 35.0 Å². The van der Waals surface area contributed by atoms with Gasteiger partial charge < -0.3 is 32.4 Å². The first-order chi connectivity index (χ1) is 16.4. The fourth-order valence-corrected chi connectivity index (χ4v) is 4.14. The number of carbonyl (C=O) groups excluding carboxylic acids is 1. The quantitative estimate of drug-likeness (QED) is 0.148. The molecular weight excluding hydrogens is 456 g/mol. The van der Waals surface area contributed by atoms with E-state index in [1.54, 1.807) is 20.1 Å². The molecule has 3 rings (SSSR count). The van der Waals surface area contributed by atoms with Crippen molar-refractivity contribution < 1.29 is 14.6 Å². The molecule has 1 aromatic carbocycles. The minimum absolute atomic E-state index is 0.137. The Hall–Kier alpha value is -3.17. The first kappa shape index (κ1) is 27.1. The van der Waals surface area contributed by atoms with E-state index in [1.807, 2.05) is 24.4 Å². The molecule has 0 spiro atoms. The van der Waals surface area contributed by atoms with Crippen LogP contribution in [0.1, 0.15) is 45.1 Å². The highest BCUT2D eigenvalue weighted by Gasteiger charge is 2.32. The van der Waals surface area contributed by atoms with Gasteiger partial charge in [-0.1, -0.05) is 30.2 Å². The van der Waals surface area contributed by atoms with Crippen LogP contribution in [0, 0.1) is 5.92 Å². The fourth-order valence-electron chi connectivity index (χ4n) is 4.03. The second kappa shape index (κ2) is 13.5. The number of aliphatic hydroxyl groups is 1. The van der Waals surface area contributed by atoms with Crippen molar-refractivity contribution in [2.75, 3.05) is 19.0 Å². The highest BCUT2D eigenvalue weighted by atomic mass is 35.5. The third kappa shape index (κ3) is 7.16. The van der Waals surface area contributed by atoms with Crippen molar-refractivity contribution in [3.63, 3.8) is 0 Å². The number of nitrogens with two attached hydrogens (primary N) is 3. The number of aromatic nitrogens is 2. The van der Waals surface area contributed by atoms with Gasteiger partial charge in [0.2, 0.25) is 6.41 Å². The van der Waals surface area contributed by atoms with Gasteiger partial charge in [-0.25, -0.2) is 0 Å². The summed E-state index contributed by atoms with van der Waals surface area (Å²) in [6.07, 6.45) is 11.2. The third-order valence-electron chi connectivity index (χ3n) is 5.81. The Morgan fingerprint density at radius 1 is 1.35 bits per heavy atom. The summed E-state index contributed by atoms with van der Waals surface area (Å²) in [5.74, 6) is 1.32. The van der Waals surface area contributed by atoms with Crippen LogP contribution < -0.4 is 27.3 Å². The van der Waals surface area contributed by atoms with Gasteiger partial charge in [0, 0.05) is 29.6 Å². The number of ether oxygens (including phenoxy) is 1. The molecule has 0 saturated heterocycles. The minimum atomic E-state index is 0.137. The minimum Gasteiger partial charge on any atom is -0.494 e. The summed E-state index contributed by atoms with van der Waals surface area (Å²) in [7, 11) is 1.64. The van der Waals surface area contributed by atoms with Crippen LogP contribution in [0.2, 0.25) is 0 Å². The predicted octanol–water partition coefficient (Wildman–Crippen LogP) is 3.41. The maximum Gasteiger partial charge on any atom is 0.204 e. The number of amides is 1. The number of nitrogens with zero attached hydrogens (tertiary/aromatic N) is 2. The molecule has 2 aromatic rings. The molecule has 2 atom stereocenters. The van der Waals surface area contributed by atoms with Crippen LogP contribution in [0.5, 0.6) is 5.75 Å². The van der Waals surface area contributed by atoms with E-state index in [1.165, 1.54) is 6.42 Å². The number of methoxy groups -OCH3 is 1. The van der Waals surface area contributed by atoms with E-state index in [0.717, 1.165) is 42.5 Å². The molecule has 34 heavy (non-hydrogen) atoms. The van der Waals surface area contributed by atoms with E-state index in [9.17, 15) is 0 Å². The second-order valence-corrected chi connectivity index (χ2v) is 8.54. The summed E-state index contributed by atoms with van der Waals surface area (Å²) in [5.41, 5.74) is 19.6. The lowest BCUT2D eigenvalue weighted by Crippen LogP contribution is -2.29. The van der Waals surface area contributed by atoms with Crippen LogP contribution in [-0.2, 0) is 4.79 Å². The first-order valence-corrected chi connectivity index (χ1v) is 11.6. The number of hydrogen-bond acceptors (Lipinski definition) is 7. The van der Waals surface area contributed by atoms with Crippen LogP contribution in [0.4, 0.5) is 5.69 Å². The molecule has 0 aliphatic heterocycles. The lowest BCUT2D eigenvalue weighted by molar-refractivity contribution is -0.106. The molecule has 1 heterocycles. The third-order valence-corrected chi connectivity index (χ3v) is 5.92. The molecule has 1 aliphatic carbocycles. The molecule has 1 saturated carbocycles. The number of anilines is 1. The molecule has 186 valence electrons. The largest absolute Gasteiger partial charge is 0.494 e. The highest BCUT2D eigenvalue weighted by molar-refractivity contribution is 6.29. The van der Waals surface area contributed by atoms with Gasteiger partial charge >= 0.3 is 0 Å². The molecule has 1 amide bonds. The maximum absolute atomic E-state index is 9.02. The highest BCUT2D eigenvalue weighted by Crippen LogP contribution is 2.43. The smallest absolute Gasteiger partial charge is 0.204 e.